The molecule has 12 N–H and O–H groups in total. The van der Waals surface area contributed by atoms with E-state index in [0.717, 1.165) is 12.8 Å². The molecule has 114 valence electrons. The lowest BCUT2D eigenvalue weighted by atomic mass is 10.1. The van der Waals surface area contributed by atoms with E-state index in [1.807, 2.05) is 0 Å². The molecule has 0 unspecified atom stereocenters. The fraction of sp³-hybridized carbons (Fsp3) is 0.800. The van der Waals surface area contributed by atoms with Gasteiger partial charge in [-0.15, -0.1) is 6.61 Å². The van der Waals surface area contributed by atoms with Crippen LogP contribution in [0.4, 0.5) is 0 Å². The molecule has 0 aliphatic heterocycles. The number of carboxylic acids is 2. The number of quaternary nitrogens is 3. The summed E-state index contributed by atoms with van der Waals surface area (Å²) in [5.41, 5.74) is 0. The van der Waals surface area contributed by atoms with Gasteiger partial charge in [-0.3, -0.25) is 0 Å². The van der Waals surface area contributed by atoms with E-state index < -0.39 is 11.9 Å². The number of hydrogen-bond acceptors (Lipinski definition) is 5. The summed E-state index contributed by atoms with van der Waals surface area (Å²) in [7, 11) is 0. The molecule has 0 amide bonds. The molecule has 0 aromatic heterocycles. The van der Waals surface area contributed by atoms with Crippen molar-refractivity contribution in [3.05, 3.63) is 0 Å². The molecule has 0 aliphatic carbocycles. The summed E-state index contributed by atoms with van der Waals surface area (Å²) in [6.45, 7) is 1.57. The third kappa shape index (κ3) is 46.4. The average molecular weight is 271 g/mol. The molecule has 18 heavy (non-hydrogen) atoms. The number of carbonyl (C=O) groups is 2. The van der Waals surface area contributed by atoms with E-state index in [9.17, 15) is 19.8 Å². The van der Waals surface area contributed by atoms with Crippen LogP contribution >= 0.6 is 0 Å². The summed E-state index contributed by atoms with van der Waals surface area (Å²) < 4.78 is 0. The van der Waals surface area contributed by atoms with Crippen LogP contribution in [0.15, 0.2) is 0 Å². The number of rotatable bonds is 7. The fourth-order valence-electron chi connectivity index (χ4n) is 0.892. The number of unbranched alkanes of at least 4 members (excludes halogenated alkanes) is 3. The summed E-state index contributed by atoms with van der Waals surface area (Å²) in [6.07, 6.45) is 2.73. The first-order valence-electron chi connectivity index (χ1n) is 5.02. The Morgan fingerprint density at radius 1 is 0.778 bits per heavy atom. The minimum absolute atomic E-state index is 0. The second-order valence-electron chi connectivity index (χ2n) is 2.95. The maximum atomic E-state index is 9.92. The van der Waals surface area contributed by atoms with Gasteiger partial charge in [0.15, 0.2) is 0 Å². The van der Waals surface area contributed by atoms with Gasteiger partial charge < -0.3 is 43.4 Å². The number of carbonyl (C=O) groups excluding carboxylic acids is 2. The quantitative estimate of drug-likeness (QED) is 0.511. The zero-order valence-corrected chi connectivity index (χ0v) is 12.0. The molecule has 0 spiro atoms. The van der Waals surface area contributed by atoms with E-state index in [0.29, 0.717) is 12.8 Å². The van der Waals surface area contributed by atoms with Gasteiger partial charge in [-0.05, 0) is 25.7 Å². The van der Waals surface area contributed by atoms with Crippen LogP contribution in [0.1, 0.15) is 45.4 Å². The first-order chi connectivity index (χ1) is 7.04. The van der Waals surface area contributed by atoms with E-state index in [1.165, 1.54) is 0 Å². The van der Waals surface area contributed by atoms with Crippen molar-refractivity contribution < 1.29 is 24.9 Å². The lowest BCUT2D eigenvalue weighted by molar-refractivity contribution is -0.361. The van der Waals surface area contributed by atoms with Gasteiger partial charge in [-0.2, -0.15) is 0 Å². The Balaban J connectivity index is -0.0000000852. The highest BCUT2D eigenvalue weighted by Crippen LogP contribution is 2.03. The Hall–Kier alpha value is -1.22. The molecule has 0 aromatic carbocycles. The molecular formula is C10H29N3O5. The zero-order chi connectivity index (χ0) is 12.1. The summed E-state index contributed by atoms with van der Waals surface area (Å²) in [6, 6.07) is 0. The number of carboxylic acid groups (broad SMARTS) is 2. The predicted molar refractivity (Wildman–Crippen MR) is 66.2 cm³/mol. The molecule has 8 heteroatoms. The van der Waals surface area contributed by atoms with Crippen molar-refractivity contribution in [2.75, 3.05) is 6.61 Å². The standard InChI is InChI=1S/C8H14O4.C2H5O.3H3N/c9-7(10)5-3-1-2-4-6-8(11)12;1-2-3;;;/h1-6H2,(H,9,10)(H,11,12);2H2,1H3;3*1H3/q;-1;;;/p+1. The van der Waals surface area contributed by atoms with Gasteiger partial charge in [0.1, 0.15) is 0 Å². The second kappa shape index (κ2) is 24.8. The van der Waals surface area contributed by atoms with Crippen molar-refractivity contribution in [1.29, 1.82) is 0 Å². The summed E-state index contributed by atoms with van der Waals surface area (Å²) in [5.74, 6) is -2.09. The van der Waals surface area contributed by atoms with Gasteiger partial charge in [-0.25, -0.2) is 0 Å². The molecular weight excluding hydrogens is 242 g/mol. The Kier molecular flexibility index (Phi) is 41.6. The summed E-state index contributed by atoms with van der Waals surface area (Å²) >= 11 is 0. The molecule has 0 radical (unpaired) electrons. The van der Waals surface area contributed by atoms with Crippen molar-refractivity contribution in [3.63, 3.8) is 0 Å². The van der Waals surface area contributed by atoms with Crippen LogP contribution in [0, 0.1) is 0 Å². The Morgan fingerprint density at radius 2 is 1.00 bits per heavy atom. The molecule has 0 fully saturated rings. The SMILES string of the molecule is CC[O-].O=C([O-])CCCCCCC(=O)[O-].[NH4+].[NH4+].[NH4+]. The van der Waals surface area contributed by atoms with Gasteiger partial charge in [0, 0.05) is 11.9 Å². The number of hydrogen-bond donors (Lipinski definition) is 3. The zero-order valence-electron chi connectivity index (χ0n) is 12.0. The van der Waals surface area contributed by atoms with Crippen LogP contribution in [-0.2, 0) is 9.59 Å². The van der Waals surface area contributed by atoms with Gasteiger partial charge in [-0.1, -0.05) is 19.8 Å². The lowest BCUT2D eigenvalue weighted by Gasteiger charge is -2.02. The van der Waals surface area contributed by atoms with Gasteiger partial charge in [0.25, 0.3) is 0 Å². The smallest absolute Gasteiger partial charge is 0.0414 e. The van der Waals surface area contributed by atoms with E-state index >= 15 is 0 Å². The van der Waals surface area contributed by atoms with Crippen LogP contribution in [0.3, 0.4) is 0 Å². The highest BCUT2D eigenvalue weighted by molar-refractivity contribution is 5.64. The average Bonchev–Trinajstić information content (AvgIpc) is 2.11. The van der Waals surface area contributed by atoms with Crippen LogP contribution < -0.4 is 33.8 Å². The van der Waals surface area contributed by atoms with Crippen molar-refractivity contribution in [1.82, 2.24) is 18.5 Å². The molecule has 0 aliphatic rings. The first-order valence-corrected chi connectivity index (χ1v) is 5.02. The van der Waals surface area contributed by atoms with E-state index in [1.54, 1.807) is 6.92 Å². The molecule has 0 rings (SSSR count). The normalized spacial score (nSPS) is 7.44. The Labute approximate surface area is 108 Å². The minimum atomic E-state index is -1.05. The molecule has 0 atom stereocenters. The van der Waals surface area contributed by atoms with Crippen LogP contribution in [-0.4, -0.2) is 18.5 Å². The van der Waals surface area contributed by atoms with Crippen molar-refractivity contribution in [3.8, 4) is 0 Å². The van der Waals surface area contributed by atoms with Gasteiger partial charge >= 0.3 is 0 Å². The van der Waals surface area contributed by atoms with Crippen LogP contribution in [0.2, 0.25) is 0 Å². The predicted octanol–water partition coefficient (Wildman–Crippen LogP) is -0.678. The van der Waals surface area contributed by atoms with Crippen molar-refractivity contribution in [2.24, 2.45) is 0 Å². The highest BCUT2D eigenvalue weighted by Gasteiger charge is 1.91. The minimum Gasteiger partial charge on any atom is -0.855 e. The summed E-state index contributed by atoms with van der Waals surface area (Å²) in [4.78, 5) is 19.8. The van der Waals surface area contributed by atoms with Crippen LogP contribution in [0.5, 0.6) is 0 Å². The lowest BCUT2D eigenvalue weighted by Crippen LogP contribution is -2.22. The van der Waals surface area contributed by atoms with Gasteiger partial charge in [0.2, 0.25) is 0 Å². The third-order valence-corrected chi connectivity index (χ3v) is 1.51. The second-order valence-corrected chi connectivity index (χ2v) is 2.95. The fourth-order valence-corrected chi connectivity index (χ4v) is 0.892. The molecule has 0 saturated carbocycles. The van der Waals surface area contributed by atoms with Crippen molar-refractivity contribution >= 4 is 11.9 Å². The van der Waals surface area contributed by atoms with E-state index in [2.05, 4.69) is 0 Å². The Morgan fingerprint density at radius 3 is 1.17 bits per heavy atom. The highest BCUT2D eigenvalue weighted by atomic mass is 16.4. The third-order valence-electron chi connectivity index (χ3n) is 1.51. The number of aliphatic carboxylic acids is 2. The first kappa shape index (κ1) is 30.1. The van der Waals surface area contributed by atoms with Crippen LogP contribution in [0.25, 0.3) is 0 Å². The van der Waals surface area contributed by atoms with Gasteiger partial charge in [0.05, 0.1) is 0 Å². The van der Waals surface area contributed by atoms with Crippen molar-refractivity contribution in [2.45, 2.75) is 45.4 Å². The summed E-state index contributed by atoms with van der Waals surface area (Å²) in [5, 5.41) is 28.8. The molecule has 0 bridgehead atoms. The van der Waals surface area contributed by atoms with E-state index in [4.69, 9.17) is 5.11 Å². The topological polar surface area (TPSA) is 213 Å². The molecule has 0 aromatic rings. The maximum absolute atomic E-state index is 9.92. The molecule has 0 heterocycles. The molecule has 8 nitrogen and oxygen atoms in total. The largest absolute Gasteiger partial charge is 0.855 e. The monoisotopic (exact) mass is 271 g/mol. The molecule has 0 saturated heterocycles. The van der Waals surface area contributed by atoms with E-state index in [-0.39, 0.29) is 37.9 Å². The maximum Gasteiger partial charge on any atom is 0.0414 e. The Bertz CT molecular complexity index is 161.